The highest BCUT2D eigenvalue weighted by Crippen LogP contribution is 2.23. The van der Waals surface area contributed by atoms with Gasteiger partial charge in [0, 0.05) is 25.8 Å². The first-order valence-corrected chi connectivity index (χ1v) is 6.87. The van der Waals surface area contributed by atoms with Gasteiger partial charge in [0.2, 0.25) is 11.7 Å². The number of nitrogens with zero attached hydrogens (tertiary/aromatic N) is 4. The summed E-state index contributed by atoms with van der Waals surface area (Å²) >= 11 is 6.06. The standard InChI is InChI=1S/C13H16ClN5O2/c1-21-8-4-7-15-12(20)9-19-17-13(16-18-19)10-5-2-3-6-11(10)14/h2-3,5-6H,4,7-9H2,1H3,(H,15,20). The van der Waals surface area contributed by atoms with Crippen LogP contribution in [0.2, 0.25) is 5.02 Å². The highest BCUT2D eigenvalue weighted by molar-refractivity contribution is 6.33. The number of aromatic nitrogens is 4. The molecule has 0 aliphatic carbocycles. The summed E-state index contributed by atoms with van der Waals surface area (Å²) in [6.07, 6.45) is 0.762. The molecule has 1 heterocycles. The van der Waals surface area contributed by atoms with E-state index < -0.39 is 0 Å². The third-order valence-corrected chi connectivity index (χ3v) is 3.03. The van der Waals surface area contributed by atoms with Gasteiger partial charge in [-0.1, -0.05) is 23.7 Å². The topological polar surface area (TPSA) is 81.9 Å². The van der Waals surface area contributed by atoms with Gasteiger partial charge in [-0.05, 0) is 23.8 Å². The summed E-state index contributed by atoms with van der Waals surface area (Å²) in [7, 11) is 1.62. The van der Waals surface area contributed by atoms with Crippen LogP contribution in [0, 0.1) is 0 Å². The number of hydrogen-bond donors (Lipinski definition) is 1. The van der Waals surface area contributed by atoms with E-state index in [1.807, 2.05) is 12.1 Å². The minimum atomic E-state index is -0.172. The molecular weight excluding hydrogens is 294 g/mol. The van der Waals surface area contributed by atoms with Gasteiger partial charge >= 0.3 is 0 Å². The lowest BCUT2D eigenvalue weighted by molar-refractivity contribution is -0.122. The van der Waals surface area contributed by atoms with E-state index in [9.17, 15) is 4.79 Å². The summed E-state index contributed by atoms with van der Waals surface area (Å²) in [5, 5.41) is 15.2. The van der Waals surface area contributed by atoms with Gasteiger partial charge in [-0.2, -0.15) is 4.80 Å². The molecule has 21 heavy (non-hydrogen) atoms. The molecule has 7 nitrogen and oxygen atoms in total. The molecule has 0 spiro atoms. The first-order chi connectivity index (χ1) is 10.2. The fraction of sp³-hybridized carbons (Fsp3) is 0.385. The highest BCUT2D eigenvalue weighted by atomic mass is 35.5. The molecule has 0 fully saturated rings. The second-order valence-electron chi connectivity index (χ2n) is 4.32. The number of methoxy groups -OCH3 is 1. The van der Waals surface area contributed by atoms with Crippen LogP contribution in [0.15, 0.2) is 24.3 Å². The molecule has 0 bridgehead atoms. The molecular formula is C13H16ClN5O2. The van der Waals surface area contributed by atoms with Crippen molar-refractivity contribution < 1.29 is 9.53 Å². The van der Waals surface area contributed by atoms with Crippen molar-refractivity contribution >= 4 is 17.5 Å². The van der Waals surface area contributed by atoms with E-state index in [0.717, 1.165) is 6.42 Å². The first-order valence-electron chi connectivity index (χ1n) is 6.49. The lowest BCUT2D eigenvalue weighted by atomic mass is 10.2. The van der Waals surface area contributed by atoms with Gasteiger partial charge in [-0.25, -0.2) is 0 Å². The van der Waals surface area contributed by atoms with Crippen molar-refractivity contribution in [2.75, 3.05) is 20.3 Å². The van der Waals surface area contributed by atoms with E-state index in [2.05, 4.69) is 20.7 Å². The van der Waals surface area contributed by atoms with Crippen molar-refractivity contribution in [2.24, 2.45) is 0 Å². The van der Waals surface area contributed by atoms with Crippen LogP contribution in [0.25, 0.3) is 11.4 Å². The van der Waals surface area contributed by atoms with Gasteiger partial charge in [0.05, 0.1) is 5.02 Å². The molecule has 0 radical (unpaired) electrons. The molecule has 0 aliphatic heterocycles. The number of carbonyl (C=O) groups excluding carboxylic acids is 1. The normalized spacial score (nSPS) is 10.6. The number of ether oxygens (including phenoxy) is 1. The van der Waals surface area contributed by atoms with Gasteiger partial charge < -0.3 is 10.1 Å². The Kier molecular flexibility index (Phi) is 5.65. The van der Waals surface area contributed by atoms with E-state index in [-0.39, 0.29) is 12.5 Å². The summed E-state index contributed by atoms with van der Waals surface area (Å²) in [4.78, 5) is 12.9. The zero-order chi connectivity index (χ0) is 15.1. The van der Waals surface area contributed by atoms with Gasteiger partial charge in [-0.15, -0.1) is 10.2 Å². The third kappa shape index (κ3) is 4.51. The number of tetrazole rings is 1. The zero-order valence-electron chi connectivity index (χ0n) is 11.6. The number of rotatable bonds is 7. The molecule has 0 atom stereocenters. The minimum absolute atomic E-state index is 0.0183. The number of amides is 1. The van der Waals surface area contributed by atoms with Crippen molar-refractivity contribution in [2.45, 2.75) is 13.0 Å². The van der Waals surface area contributed by atoms with E-state index in [1.54, 1.807) is 19.2 Å². The monoisotopic (exact) mass is 309 g/mol. The van der Waals surface area contributed by atoms with Crippen LogP contribution < -0.4 is 5.32 Å². The van der Waals surface area contributed by atoms with Crippen molar-refractivity contribution in [3.63, 3.8) is 0 Å². The highest BCUT2D eigenvalue weighted by Gasteiger charge is 2.11. The molecule has 1 amide bonds. The van der Waals surface area contributed by atoms with E-state index in [0.29, 0.717) is 29.6 Å². The van der Waals surface area contributed by atoms with Gasteiger partial charge in [-0.3, -0.25) is 4.79 Å². The van der Waals surface area contributed by atoms with E-state index in [4.69, 9.17) is 16.3 Å². The molecule has 1 N–H and O–H groups in total. The summed E-state index contributed by atoms with van der Waals surface area (Å²) in [6.45, 7) is 1.18. The lowest BCUT2D eigenvalue weighted by Gasteiger charge is -2.03. The molecule has 0 saturated carbocycles. The van der Waals surface area contributed by atoms with Gasteiger partial charge in [0.1, 0.15) is 6.54 Å². The van der Waals surface area contributed by atoms with Gasteiger partial charge in [0.15, 0.2) is 0 Å². The van der Waals surface area contributed by atoms with Crippen molar-refractivity contribution in [1.29, 1.82) is 0 Å². The quantitative estimate of drug-likeness (QED) is 0.776. The maximum atomic E-state index is 11.7. The number of hydrogen-bond acceptors (Lipinski definition) is 5. The second-order valence-corrected chi connectivity index (χ2v) is 4.73. The second kappa shape index (κ2) is 7.70. The largest absolute Gasteiger partial charge is 0.385 e. The lowest BCUT2D eigenvalue weighted by Crippen LogP contribution is -2.29. The average Bonchev–Trinajstić information content (AvgIpc) is 2.92. The minimum Gasteiger partial charge on any atom is -0.385 e. The fourth-order valence-electron chi connectivity index (χ4n) is 1.69. The number of carbonyl (C=O) groups is 1. The Morgan fingerprint density at radius 2 is 2.24 bits per heavy atom. The molecule has 112 valence electrons. The van der Waals surface area contributed by atoms with Crippen LogP contribution in [0.1, 0.15) is 6.42 Å². The maximum Gasteiger partial charge on any atom is 0.243 e. The Balaban J connectivity index is 1.91. The Morgan fingerprint density at radius 1 is 1.43 bits per heavy atom. The van der Waals surface area contributed by atoms with E-state index >= 15 is 0 Å². The molecule has 1 aromatic carbocycles. The molecule has 0 aliphatic rings. The summed E-state index contributed by atoms with van der Waals surface area (Å²) in [5.41, 5.74) is 0.686. The first kappa shape index (κ1) is 15.4. The summed E-state index contributed by atoms with van der Waals surface area (Å²) < 4.78 is 4.90. The van der Waals surface area contributed by atoms with Crippen LogP contribution in [0.3, 0.4) is 0 Å². The maximum absolute atomic E-state index is 11.7. The van der Waals surface area contributed by atoms with Crippen molar-refractivity contribution in [3.8, 4) is 11.4 Å². The Labute approximate surface area is 127 Å². The molecule has 0 saturated heterocycles. The summed E-state index contributed by atoms with van der Waals surface area (Å²) in [5.74, 6) is 0.224. The predicted octanol–water partition coefficient (Wildman–Crippen LogP) is 1.15. The number of nitrogens with one attached hydrogen (secondary N) is 1. The molecule has 2 aromatic rings. The Bertz CT molecular complexity index is 602. The smallest absolute Gasteiger partial charge is 0.243 e. The van der Waals surface area contributed by atoms with E-state index in [1.165, 1.54) is 4.80 Å². The molecule has 1 aromatic heterocycles. The zero-order valence-corrected chi connectivity index (χ0v) is 12.4. The van der Waals surface area contributed by atoms with Crippen LogP contribution in [-0.2, 0) is 16.1 Å². The molecule has 0 unspecified atom stereocenters. The van der Waals surface area contributed by atoms with Crippen LogP contribution in [0.4, 0.5) is 0 Å². The number of benzene rings is 1. The van der Waals surface area contributed by atoms with Gasteiger partial charge in [0.25, 0.3) is 0 Å². The summed E-state index contributed by atoms with van der Waals surface area (Å²) in [6, 6.07) is 7.21. The van der Waals surface area contributed by atoms with Crippen LogP contribution in [-0.4, -0.2) is 46.4 Å². The van der Waals surface area contributed by atoms with Crippen LogP contribution in [0.5, 0.6) is 0 Å². The number of halogens is 1. The Hall–Kier alpha value is -1.99. The average molecular weight is 310 g/mol. The fourth-order valence-corrected chi connectivity index (χ4v) is 1.91. The molecule has 2 rings (SSSR count). The molecule has 8 heteroatoms. The third-order valence-electron chi connectivity index (χ3n) is 2.70. The predicted molar refractivity (Wildman–Crippen MR) is 77.8 cm³/mol. The Morgan fingerprint density at radius 3 is 3.00 bits per heavy atom. The van der Waals surface area contributed by atoms with Crippen molar-refractivity contribution in [3.05, 3.63) is 29.3 Å². The van der Waals surface area contributed by atoms with Crippen molar-refractivity contribution in [1.82, 2.24) is 25.5 Å². The van der Waals surface area contributed by atoms with Crippen LogP contribution >= 0.6 is 11.6 Å². The SMILES string of the molecule is COCCCNC(=O)Cn1nnc(-c2ccccc2Cl)n1.